The first-order valence-corrected chi connectivity index (χ1v) is 11.1. The Bertz CT molecular complexity index is 1260. The van der Waals surface area contributed by atoms with E-state index in [0.717, 1.165) is 12.7 Å². The zero-order valence-corrected chi connectivity index (χ0v) is 18.1. The molecule has 0 amide bonds. The van der Waals surface area contributed by atoms with E-state index in [-0.39, 0.29) is 11.3 Å². The number of hydrogen-bond donors (Lipinski definition) is 1. The second kappa shape index (κ2) is 10.0. The summed E-state index contributed by atoms with van der Waals surface area (Å²) in [4.78, 5) is 9.63. The summed E-state index contributed by atoms with van der Waals surface area (Å²) in [5.41, 5.74) is 7.97. The molecule has 7 nitrogen and oxygen atoms in total. The van der Waals surface area contributed by atoms with Gasteiger partial charge in [-0.25, -0.2) is 13.2 Å². The van der Waals surface area contributed by atoms with E-state index >= 15 is 0 Å². The number of carbonyl (C=O) groups excluding carboxylic acids is 1. The van der Waals surface area contributed by atoms with Crippen LogP contribution in [0.25, 0.3) is 0 Å². The van der Waals surface area contributed by atoms with Crippen molar-refractivity contribution in [2.45, 2.75) is 16.2 Å². The lowest BCUT2D eigenvalue weighted by molar-refractivity contribution is -0.141. The van der Waals surface area contributed by atoms with Crippen LogP contribution in [-0.2, 0) is 25.8 Å². The number of nitrogens with zero attached hydrogens (tertiary/aromatic N) is 2. The average molecular weight is 448 g/mol. The maximum Gasteiger partial charge on any atom is 0.355 e. The van der Waals surface area contributed by atoms with Crippen LogP contribution in [0, 0.1) is 11.8 Å². The molecular weight excluding hydrogens is 426 g/mol. The van der Waals surface area contributed by atoms with E-state index in [1.807, 2.05) is 48.5 Å². The summed E-state index contributed by atoms with van der Waals surface area (Å²) < 4.78 is 31.1. The molecule has 3 rings (SSSR count). The summed E-state index contributed by atoms with van der Waals surface area (Å²) in [6.45, 7) is 0. The molecule has 8 heteroatoms. The van der Waals surface area contributed by atoms with Gasteiger partial charge in [0, 0.05) is 6.42 Å². The van der Waals surface area contributed by atoms with Crippen LogP contribution in [0.4, 0.5) is 11.4 Å². The lowest BCUT2D eigenvalue weighted by Crippen LogP contribution is -2.54. The Kier molecular flexibility index (Phi) is 7.15. The molecule has 0 bridgehead atoms. The van der Waals surface area contributed by atoms with Gasteiger partial charge in [-0.3, -0.25) is 5.73 Å². The van der Waals surface area contributed by atoms with E-state index in [2.05, 4.69) is 26.8 Å². The van der Waals surface area contributed by atoms with Crippen LogP contribution in [0.3, 0.4) is 0 Å². The van der Waals surface area contributed by atoms with E-state index in [9.17, 15) is 13.2 Å². The van der Waals surface area contributed by atoms with Gasteiger partial charge >= 0.3 is 5.97 Å². The molecule has 0 fully saturated rings. The van der Waals surface area contributed by atoms with Crippen LogP contribution in [0.5, 0.6) is 0 Å². The third kappa shape index (κ3) is 5.09. The van der Waals surface area contributed by atoms with E-state index < -0.39 is 20.7 Å². The average Bonchev–Trinajstić information content (AvgIpc) is 2.83. The van der Waals surface area contributed by atoms with Crippen molar-refractivity contribution in [3.05, 3.63) is 90.5 Å². The van der Waals surface area contributed by atoms with Crippen LogP contribution in [0.15, 0.2) is 100 Å². The molecule has 0 heterocycles. The summed E-state index contributed by atoms with van der Waals surface area (Å²) in [6, 6.07) is 23.8. The number of ether oxygens (including phenoxy) is 1. The number of sulfone groups is 1. The van der Waals surface area contributed by atoms with Crippen LogP contribution < -0.4 is 5.73 Å². The first-order chi connectivity index (χ1) is 15.4. The van der Waals surface area contributed by atoms with Crippen molar-refractivity contribution in [3.63, 3.8) is 0 Å². The predicted molar refractivity (Wildman–Crippen MR) is 121 cm³/mol. The molecule has 0 aliphatic rings. The van der Waals surface area contributed by atoms with Crippen molar-refractivity contribution in [1.29, 1.82) is 0 Å². The monoisotopic (exact) mass is 447 g/mol. The number of carbonyl (C=O) groups is 1. The van der Waals surface area contributed by atoms with Crippen molar-refractivity contribution in [3.8, 4) is 11.8 Å². The maximum atomic E-state index is 13.2. The largest absolute Gasteiger partial charge is 0.466 e. The van der Waals surface area contributed by atoms with Crippen molar-refractivity contribution in [1.82, 2.24) is 0 Å². The van der Waals surface area contributed by atoms with Crippen LogP contribution in [-0.4, -0.2) is 26.4 Å². The minimum absolute atomic E-state index is 0.182. The van der Waals surface area contributed by atoms with Gasteiger partial charge in [0.15, 0.2) is 0 Å². The molecule has 0 saturated heterocycles. The third-order valence-electron chi connectivity index (χ3n) is 4.51. The molecule has 0 aromatic heterocycles. The summed E-state index contributed by atoms with van der Waals surface area (Å²) >= 11 is 0. The number of nitrogens with two attached hydrogens (primary N) is 1. The number of benzene rings is 3. The minimum atomic E-state index is -4.39. The molecule has 0 radical (unpaired) electrons. The minimum Gasteiger partial charge on any atom is -0.466 e. The van der Waals surface area contributed by atoms with Gasteiger partial charge < -0.3 is 4.74 Å². The van der Waals surface area contributed by atoms with Gasteiger partial charge in [0.1, 0.15) is 0 Å². The van der Waals surface area contributed by atoms with E-state index in [1.165, 1.54) is 24.3 Å². The molecule has 1 atom stereocenters. The highest BCUT2D eigenvalue weighted by molar-refractivity contribution is 7.93. The molecule has 162 valence electrons. The van der Waals surface area contributed by atoms with Gasteiger partial charge in [-0.2, -0.15) is 10.2 Å². The zero-order chi connectivity index (χ0) is 23.0. The molecule has 1 unspecified atom stereocenters. The zero-order valence-electron chi connectivity index (χ0n) is 17.3. The fourth-order valence-electron chi connectivity index (χ4n) is 2.74. The topological polar surface area (TPSA) is 111 Å². The van der Waals surface area contributed by atoms with E-state index in [0.29, 0.717) is 11.4 Å². The lowest BCUT2D eigenvalue weighted by Gasteiger charge is -2.21. The second-order valence-electron chi connectivity index (χ2n) is 6.72. The molecule has 0 spiro atoms. The SMILES string of the molecule is COC(=O)C(N)(C#CCc1ccccc1)S(=O)(=O)c1ccc(N=Nc2ccccc2)cc1. The van der Waals surface area contributed by atoms with Crippen LogP contribution in [0.1, 0.15) is 5.56 Å². The smallest absolute Gasteiger partial charge is 0.355 e. The van der Waals surface area contributed by atoms with Gasteiger partial charge in [-0.05, 0) is 42.0 Å². The Morgan fingerprint density at radius 1 is 0.906 bits per heavy atom. The highest BCUT2D eigenvalue weighted by Crippen LogP contribution is 2.26. The second-order valence-corrected chi connectivity index (χ2v) is 8.85. The van der Waals surface area contributed by atoms with Gasteiger partial charge in [0.05, 0.1) is 23.4 Å². The van der Waals surface area contributed by atoms with Crippen molar-refractivity contribution < 1.29 is 17.9 Å². The van der Waals surface area contributed by atoms with Crippen LogP contribution >= 0.6 is 0 Å². The van der Waals surface area contributed by atoms with Crippen LogP contribution in [0.2, 0.25) is 0 Å². The number of rotatable bonds is 6. The molecule has 0 aliphatic heterocycles. The quantitative estimate of drug-likeness (QED) is 0.349. The fourth-order valence-corrected chi connectivity index (χ4v) is 4.12. The molecule has 32 heavy (non-hydrogen) atoms. The first kappa shape index (κ1) is 22.9. The lowest BCUT2D eigenvalue weighted by atomic mass is 10.1. The summed E-state index contributed by atoms with van der Waals surface area (Å²) in [5.74, 6) is 3.95. The van der Waals surface area contributed by atoms with E-state index in [4.69, 9.17) is 5.73 Å². The van der Waals surface area contributed by atoms with E-state index in [1.54, 1.807) is 12.1 Å². The van der Waals surface area contributed by atoms with Gasteiger partial charge in [0.2, 0.25) is 9.84 Å². The Morgan fingerprint density at radius 3 is 2.00 bits per heavy atom. The molecule has 2 N–H and O–H groups in total. The van der Waals surface area contributed by atoms with Gasteiger partial charge in [-0.1, -0.05) is 60.4 Å². The first-order valence-electron chi connectivity index (χ1n) is 9.59. The fraction of sp³-hybridized carbons (Fsp3) is 0.125. The molecule has 3 aromatic carbocycles. The Labute approximate surface area is 186 Å². The molecule has 0 saturated carbocycles. The molecular formula is C24H21N3O4S. The van der Waals surface area contributed by atoms with Crippen molar-refractivity contribution in [2.24, 2.45) is 16.0 Å². The normalized spacial score (nSPS) is 13.1. The summed E-state index contributed by atoms with van der Waals surface area (Å²) in [7, 11) is -3.33. The Hall–Kier alpha value is -3.80. The van der Waals surface area contributed by atoms with Gasteiger partial charge in [0.25, 0.3) is 4.87 Å². The molecule has 3 aromatic rings. The number of azo groups is 1. The summed E-state index contributed by atoms with van der Waals surface area (Å²) in [5, 5.41) is 8.16. The Balaban J connectivity index is 1.88. The van der Waals surface area contributed by atoms with Crippen molar-refractivity contribution in [2.75, 3.05) is 7.11 Å². The standard InChI is InChI=1S/C24H21N3O4S/c1-31-23(28)24(25,18-8-11-19-9-4-2-5-10-19)32(29,30)22-16-14-21(15-17-22)27-26-20-12-6-3-7-13-20/h2-7,9-10,12-17H,11,25H2,1H3. The number of methoxy groups -OCH3 is 1. The van der Waals surface area contributed by atoms with Gasteiger partial charge in [-0.15, -0.1) is 0 Å². The number of hydrogen-bond acceptors (Lipinski definition) is 7. The third-order valence-corrected chi connectivity index (χ3v) is 6.52. The number of esters is 1. The highest BCUT2D eigenvalue weighted by Gasteiger charge is 2.48. The predicted octanol–water partition coefficient (Wildman–Crippen LogP) is 3.95. The molecule has 0 aliphatic carbocycles. The summed E-state index contributed by atoms with van der Waals surface area (Å²) in [6.07, 6.45) is 0.227. The van der Waals surface area contributed by atoms with Crippen molar-refractivity contribution >= 4 is 27.2 Å². The highest BCUT2D eigenvalue weighted by atomic mass is 32.2. The Morgan fingerprint density at radius 2 is 1.44 bits per heavy atom. The maximum absolute atomic E-state index is 13.2.